The van der Waals surface area contributed by atoms with E-state index in [4.69, 9.17) is 0 Å². The summed E-state index contributed by atoms with van der Waals surface area (Å²) in [5.41, 5.74) is 0.0778. The molecule has 2 aromatic rings. The Kier molecular flexibility index (Phi) is 6.85. The molecule has 1 atom stereocenters. The molecule has 0 aromatic heterocycles. The van der Waals surface area contributed by atoms with E-state index in [1.54, 1.807) is 44.2 Å². The average Bonchev–Trinajstić information content (AvgIpc) is 2.66. The van der Waals surface area contributed by atoms with Gasteiger partial charge in [0.15, 0.2) is 0 Å². The van der Waals surface area contributed by atoms with Gasteiger partial charge in [-0.25, -0.2) is 8.42 Å². The van der Waals surface area contributed by atoms with Crippen LogP contribution in [0.3, 0.4) is 0 Å². The summed E-state index contributed by atoms with van der Waals surface area (Å²) in [6.45, 7) is 3.38. The van der Waals surface area contributed by atoms with E-state index >= 15 is 0 Å². The van der Waals surface area contributed by atoms with Crippen LogP contribution in [0.4, 0.5) is 14.5 Å². The van der Waals surface area contributed by atoms with Crippen molar-refractivity contribution < 1.29 is 26.8 Å². The predicted octanol–water partition coefficient (Wildman–Crippen LogP) is 3.08. The maximum atomic E-state index is 12.9. The molecule has 9 heteroatoms. The number of hydrogen-bond acceptors (Lipinski definition) is 4. The van der Waals surface area contributed by atoms with Crippen LogP contribution in [0, 0.1) is 5.92 Å². The molecule has 0 bridgehead atoms. The molecule has 0 fully saturated rings. The Bertz CT molecular complexity index is 947. The standard InChI is InChI=1S/C19H20F2N2O4S/c1-12(2)16(23-17(24)13-8-4-3-5-9-13)18(25)22-14-10-6-7-11-15(14)28(26,27)19(20)21/h3-12,16,19H,1-2H3,(H,22,25)(H,23,24). The van der Waals surface area contributed by atoms with Crippen LogP contribution in [-0.2, 0) is 14.6 Å². The summed E-state index contributed by atoms with van der Waals surface area (Å²) in [5.74, 6) is -5.16. The highest BCUT2D eigenvalue weighted by Crippen LogP contribution is 2.26. The molecule has 0 aliphatic heterocycles. The van der Waals surface area contributed by atoms with Gasteiger partial charge >= 0.3 is 5.76 Å². The van der Waals surface area contributed by atoms with Crippen molar-refractivity contribution in [3.8, 4) is 0 Å². The first-order chi connectivity index (χ1) is 13.1. The lowest BCUT2D eigenvalue weighted by Gasteiger charge is -2.22. The second-order valence-electron chi connectivity index (χ2n) is 6.35. The predicted molar refractivity (Wildman–Crippen MR) is 101 cm³/mol. The van der Waals surface area contributed by atoms with E-state index in [0.717, 1.165) is 6.07 Å². The zero-order valence-corrected chi connectivity index (χ0v) is 16.0. The molecule has 0 spiro atoms. The van der Waals surface area contributed by atoms with E-state index in [2.05, 4.69) is 10.6 Å². The SMILES string of the molecule is CC(C)C(NC(=O)c1ccccc1)C(=O)Nc1ccccc1S(=O)(=O)C(F)F. The smallest absolute Gasteiger partial charge is 0.340 e. The van der Waals surface area contributed by atoms with Gasteiger partial charge in [0.2, 0.25) is 15.7 Å². The molecular weight excluding hydrogens is 390 g/mol. The minimum Gasteiger partial charge on any atom is -0.340 e. The van der Waals surface area contributed by atoms with Gasteiger partial charge in [0.1, 0.15) is 6.04 Å². The summed E-state index contributed by atoms with van der Waals surface area (Å²) in [4.78, 5) is 24.3. The van der Waals surface area contributed by atoms with Crippen LogP contribution in [-0.4, -0.2) is 32.0 Å². The molecule has 2 aromatic carbocycles. The molecule has 150 valence electrons. The van der Waals surface area contributed by atoms with Crippen LogP contribution in [0.5, 0.6) is 0 Å². The van der Waals surface area contributed by atoms with Gasteiger partial charge in [-0.05, 0) is 30.2 Å². The Morgan fingerprint density at radius 2 is 1.50 bits per heavy atom. The van der Waals surface area contributed by atoms with Crippen LogP contribution in [0.1, 0.15) is 24.2 Å². The Balaban J connectivity index is 2.26. The summed E-state index contributed by atoms with van der Waals surface area (Å²) in [7, 11) is -4.90. The van der Waals surface area contributed by atoms with Gasteiger partial charge in [-0.3, -0.25) is 9.59 Å². The lowest BCUT2D eigenvalue weighted by atomic mass is 10.0. The van der Waals surface area contributed by atoms with Gasteiger partial charge < -0.3 is 10.6 Å². The van der Waals surface area contributed by atoms with Crippen LogP contribution >= 0.6 is 0 Å². The number of anilines is 1. The highest BCUT2D eigenvalue weighted by Gasteiger charge is 2.31. The van der Waals surface area contributed by atoms with Gasteiger partial charge in [-0.1, -0.05) is 44.2 Å². The molecule has 0 radical (unpaired) electrons. The van der Waals surface area contributed by atoms with Crippen molar-refractivity contribution in [1.82, 2.24) is 5.32 Å². The lowest BCUT2D eigenvalue weighted by molar-refractivity contribution is -0.118. The molecular formula is C19H20F2N2O4S. The van der Waals surface area contributed by atoms with Gasteiger partial charge in [0.25, 0.3) is 5.91 Å². The van der Waals surface area contributed by atoms with Crippen molar-refractivity contribution in [2.75, 3.05) is 5.32 Å². The molecule has 0 saturated heterocycles. The first kappa shape index (κ1) is 21.5. The number of nitrogens with one attached hydrogen (secondary N) is 2. The minimum atomic E-state index is -4.90. The molecule has 0 aliphatic rings. The number of sulfone groups is 1. The summed E-state index contributed by atoms with van der Waals surface area (Å²) in [6, 6.07) is 12.1. The second-order valence-corrected chi connectivity index (χ2v) is 8.24. The van der Waals surface area contributed by atoms with E-state index in [1.807, 2.05) is 0 Å². The lowest BCUT2D eigenvalue weighted by Crippen LogP contribution is -2.47. The normalized spacial score (nSPS) is 12.6. The third kappa shape index (κ3) is 4.92. The third-order valence-corrected chi connectivity index (χ3v) is 5.40. The van der Waals surface area contributed by atoms with Crippen molar-refractivity contribution >= 4 is 27.3 Å². The topological polar surface area (TPSA) is 92.3 Å². The first-order valence-electron chi connectivity index (χ1n) is 8.42. The Morgan fingerprint density at radius 3 is 2.07 bits per heavy atom. The quantitative estimate of drug-likeness (QED) is 0.734. The summed E-state index contributed by atoms with van der Waals surface area (Å²) >= 11 is 0. The monoisotopic (exact) mass is 410 g/mol. The number of benzene rings is 2. The number of halogens is 2. The van der Waals surface area contributed by atoms with Crippen molar-refractivity contribution in [2.45, 2.75) is 30.5 Å². The number of amides is 2. The molecule has 28 heavy (non-hydrogen) atoms. The number of para-hydroxylation sites is 1. The summed E-state index contributed by atoms with van der Waals surface area (Å²) < 4.78 is 49.5. The molecule has 2 N–H and O–H groups in total. The molecule has 0 heterocycles. The number of hydrogen-bond donors (Lipinski definition) is 2. The molecule has 2 rings (SSSR count). The zero-order chi connectivity index (χ0) is 20.9. The molecule has 0 aliphatic carbocycles. The first-order valence-corrected chi connectivity index (χ1v) is 9.97. The van der Waals surface area contributed by atoms with Crippen molar-refractivity contribution in [1.29, 1.82) is 0 Å². The number of alkyl halides is 2. The molecule has 0 saturated carbocycles. The highest BCUT2D eigenvalue weighted by molar-refractivity contribution is 7.91. The Hall–Kier alpha value is -2.81. The van der Waals surface area contributed by atoms with Crippen LogP contribution < -0.4 is 10.6 Å². The molecule has 2 amide bonds. The van der Waals surface area contributed by atoms with Crippen LogP contribution in [0.25, 0.3) is 0 Å². The maximum Gasteiger partial charge on any atom is 0.341 e. The van der Waals surface area contributed by atoms with E-state index in [1.165, 1.54) is 18.2 Å². The maximum absolute atomic E-state index is 12.9. The van der Waals surface area contributed by atoms with Gasteiger partial charge in [0.05, 0.1) is 10.6 Å². The van der Waals surface area contributed by atoms with Crippen molar-refractivity contribution in [3.63, 3.8) is 0 Å². The summed E-state index contributed by atoms with van der Waals surface area (Å²) in [5, 5.41) is 4.93. The van der Waals surface area contributed by atoms with Crippen LogP contribution in [0.15, 0.2) is 59.5 Å². The van der Waals surface area contributed by atoms with E-state index in [-0.39, 0.29) is 11.6 Å². The highest BCUT2D eigenvalue weighted by atomic mass is 32.2. The van der Waals surface area contributed by atoms with E-state index in [0.29, 0.717) is 5.56 Å². The molecule has 1 unspecified atom stereocenters. The van der Waals surface area contributed by atoms with Crippen LogP contribution in [0.2, 0.25) is 0 Å². The average molecular weight is 410 g/mol. The van der Waals surface area contributed by atoms with Crippen molar-refractivity contribution in [3.05, 3.63) is 60.2 Å². The van der Waals surface area contributed by atoms with Gasteiger partial charge in [0, 0.05) is 5.56 Å². The zero-order valence-electron chi connectivity index (χ0n) is 15.2. The number of carbonyl (C=O) groups excluding carboxylic acids is 2. The number of rotatable bonds is 7. The van der Waals surface area contributed by atoms with Gasteiger partial charge in [-0.2, -0.15) is 8.78 Å². The fraction of sp³-hybridized carbons (Fsp3) is 0.263. The molecule has 6 nitrogen and oxygen atoms in total. The van der Waals surface area contributed by atoms with E-state index in [9.17, 15) is 26.8 Å². The van der Waals surface area contributed by atoms with Gasteiger partial charge in [-0.15, -0.1) is 0 Å². The fourth-order valence-corrected chi connectivity index (χ4v) is 3.36. The fourth-order valence-electron chi connectivity index (χ4n) is 2.47. The Morgan fingerprint density at radius 1 is 0.929 bits per heavy atom. The Labute approximate surface area is 161 Å². The third-order valence-electron chi connectivity index (χ3n) is 3.96. The van der Waals surface area contributed by atoms with Crippen molar-refractivity contribution in [2.24, 2.45) is 5.92 Å². The minimum absolute atomic E-state index is 0.271. The largest absolute Gasteiger partial charge is 0.341 e. The second kappa shape index (κ2) is 8.92. The summed E-state index contributed by atoms with van der Waals surface area (Å²) in [6.07, 6.45) is 0. The number of carbonyl (C=O) groups is 2. The van der Waals surface area contributed by atoms with E-state index < -0.39 is 38.3 Å².